The molecule has 19 nitrogen and oxygen atoms in total. The summed E-state index contributed by atoms with van der Waals surface area (Å²) in [5.74, 6) is 0.879. The molecule has 0 saturated heterocycles. The standard InChI is InChI=1S/C37H21N5S.C31H17N5S.C30H18N4S.C29H17N5S/c38-22-23-15-17-24(18-16-23)36-40-30-20-19-29(39-37(30)43-36)25-7-5-8-26(21-25)41-32-12-3-4-13-33(32)42-31-11-2-1-9-27(31)28-10-6-14-34(41)35(28)42;32-17-19-16-28-30(33-18-19)34-31(37-28)20-12-14-21(15-13-20)35-25-9-3-4-10-26(25)36-24-8-2-1-6-22(24)23-7-5-11-27(35)29(23)36;1-2-9-23-21(7-1)22-8-5-12-26-28(22)34(23)25-11-4-3-10-24(25)33(26)20-16-14-19(15-17-20)30-32-29-27(35-30)13-6-18-31-29;1-2-9-21-19(7-1)20-8-5-12-24-27(20)34(21)23-11-4-3-10-22(23)33(24)26-15-14-18(17-31-26)29-32-28-25(35-29)13-6-16-30-28/h1-21H;1-16,18H;1-18H;1-17H. The zero-order valence-corrected chi connectivity index (χ0v) is 82.5. The maximum Gasteiger partial charge on any atom is 0.171 e. The normalized spacial score (nSPS) is 12.3. The lowest BCUT2D eigenvalue weighted by atomic mass is 10.1. The average molecular weight is 1990 g/mol. The van der Waals surface area contributed by atoms with Crippen LogP contribution >= 0.6 is 45.3 Å². The van der Waals surface area contributed by atoms with Crippen LogP contribution in [0, 0.1) is 22.7 Å². The van der Waals surface area contributed by atoms with Gasteiger partial charge in [0.05, 0.1) is 149 Å². The molecule has 33 rings (SSSR count). The van der Waals surface area contributed by atoms with Crippen LogP contribution in [-0.2, 0) is 0 Å². The number of rotatable bonds is 9. The van der Waals surface area contributed by atoms with Crippen molar-refractivity contribution in [1.29, 1.82) is 10.5 Å². The minimum absolute atomic E-state index is 0.549. The molecule has 0 amide bonds. The topological polar surface area (TPSA) is 196 Å². The Kier molecular flexibility index (Phi) is 19.7. The molecule has 4 aliphatic rings. The van der Waals surface area contributed by atoms with Gasteiger partial charge in [0.2, 0.25) is 0 Å². The fourth-order valence-electron chi connectivity index (χ4n) is 22.2. The van der Waals surface area contributed by atoms with Crippen molar-refractivity contribution in [3.05, 3.63) is 454 Å². The van der Waals surface area contributed by atoms with Gasteiger partial charge in [-0.2, -0.15) is 10.5 Å². The van der Waals surface area contributed by atoms with Crippen LogP contribution in [0.25, 0.3) is 205 Å². The first-order valence-corrected chi connectivity index (χ1v) is 52.4. The Morgan fingerprint density at radius 3 is 1.01 bits per heavy atom. The second-order valence-electron chi connectivity index (χ2n) is 37.0. The lowest BCUT2D eigenvalue weighted by Gasteiger charge is -2.33. The minimum atomic E-state index is 0.549. The van der Waals surface area contributed by atoms with Crippen LogP contribution in [0.3, 0.4) is 0 Å². The number of fused-ring (bicyclic) bond motifs is 24. The van der Waals surface area contributed by atoms with E-state index < -0.39 is 0 Å². The number of hydrogen-bond donors (Lipinski definition) is 0. The monoisotopic (exact) mass is 1990 g/mol. The maximum atomic E-state index is 9.19. The van der Waals surface area contributed by atoms with Crippen molar-refractivity contribution in [2.45, 2.75) is 0 Å². The molecule has 0 unspecified atom stereocenters. The van der Waals surface area contributed by atoms with Crippen molar-refractivity contribution in [3.63, 3.8) is 0 Å². The van der Waals surface area contributed by atoms with Crippen LogP contribution in [0.4, 0.5) is 68.4 Å². The summed E-state index contributed by atoms with van der Waals surface area (Å²) in [6, 6.07) is 151. The first-order chi connectivity index (χ1) is 74.3. The molecule has 700 valence electrons. The summed E-state index contributed by atoms with van der Waals surface area (Å²) >= 11 is 6.44. The molecule has 4 aliphatic heterocycles. The second-order valence-corrected chi connectivity index (χ2v) is 41.1. The second kappa shape index (κ2) is 34.5. The SMILES string of the molecule is N#Cc1ccc(-c2nc3ccc(-c4cccc(N5c6ccccc6-n6c7ccccc7c7cccc5c76)c4)nc3s2)cc1.N#Cc1cnc2nc(-c3ccc(N4c5ccccc5-n5c6ccccc6c6cccc4c65)cc3)sc2c1.c1ccc2c(c1)N(c1ccc(-c3nc4ncccc4s3)cc1)c1cccc3c4ccccc4n-2c13.c1ccc2c(c1)N(c1ccc(-c3nc4ncccc4s3)cn1)c1cccc3c4ccccc4n-2c13. The minimum Gasteiger partial charge on any atom is -0.306 e. The average Bonchev–Trinajstić information content (AvgIpc) is 1.55. The molecule has 0 spiro atoms. The molecular formula is C127H73N19S4. The zero-order chi connectivity index (χ0) is 98.9. The van der Waals surface area contributed by atoms with Crippen molar-refractivity contribution in [1.82, 2.24) is 63.1 Å². The number of pyridine rings is 5. The number of nitriles is 2. The molecule has 0 aliphatic carbocycles. The van der Waals surface area contributed by atoms with E-state index in [1.807, 2.05) is 60.8 Å². The lowest BCUT2D eigenvalue weighted by Crippen LogP contribution is -2.18. The van der Waals surface area contributed by atoms with E-state index >= 15 is 0 Å². The summed E-state index contributed by atoms with van der Waals surface area (Å²) in [4.78, 5) is 52.3. The Morgan fingerprint density at radius 2 is 0.580 bits per heavy atom. The molecule has 0 radical (unpaired) electrons. The molecule has 0 atom stereocenters. The highest BCUT2D eigenvalue weighted by Crippen LogP contribution is 2.57. The first-order valence-electron chi connectivity index (χ1n) is 49.1. The highest BCUT2D eigenvalue weighted by Gasteiger charge is 2.35. The molecule has 0 fully saturated rings. The van der Waals surface area contributed by atoms with Gasteiger partial charge in [0.1, 0.15) is 42.3 Å². The third-order valence-corrected chi connectivity index (χ3v) is 32.9. The third kappa shape index (κ3) is 13.6. The van der Waals surface area contributed by atoms with Crippen LogP contribution in [-0.4, -0.2) is 63.1 Å². The molecule has 0 bridgehead atoms. The molecule has 0 saturated carbocycles. The van der Waals surface area contributed by atoms with E-state index in [-0.39, 0.29) is 0 Å². The summed E-state index contributed by atoms with van der Waals surface area (Å²) in [6.45, 7) is 0. The van der Waals surface area contributed by atoms with Gasteiger partial charge in [0, 0.05) is 113 Å². The molecule has 150 heavy (non-hydrogen) atoms. The Morgan fingerprint density at radius 1 is 0.220 bits per heavy atom. The number of para-hydroxylation sites is 16. The predicted molar refractivity (Wildman–Crippen MR) is 614 cm³/mol. The number of nitrogens with zero attached hydrogens (tertiary/aromatic N) is 19. The van der Waals surface area contributed by atoms with E-state index in [1.165, 1.54) is 110 Å². The van der Waals surface area contributed by atoms with E-state index in [2.05, 4.69) is 429 Å². The van der Waals surface area contributed by atoms with E-state index in [0.717, 1.165) is 158 Å². The van der Waals surface area contributed by atoms with Crippen molar-refractivity contribution in [3.8, 4) is 88.4 Å². The van der Waals surface area contributed by atoms with Crippen LogP contribution in [0.2, 0.25) is 0 Å². The number of thiazole rings is 4. The molecule has 29 aromatic rings. The molecule has 13 aromatic heterocycles. The smallest absolute Gasteiger partial charge is 0.171 e. The summed E-state index contributed by atoms with van der Waals surface area (Å²) in [7, 11) is 0. The first kappa shape index (κ1) is 85.8. The number of benzene rings is 16. The van der Waals surface area contributed by atoms with Gasteiger partial charge in [-0.05, 0) is 224 Å². The van der Waals surface area contributed by atoms with E-state index in [0.29, 0.717) is 16.8 Å². The van der Waals surface area contributed by atoms with E-state index in [9.17, 15) is 5.26 Å². The van der Waals surface area contributed by atoms with Crippen LogP contribution in [0.15, 0.2) is 443 Å². The maximum absolute atomic E-state index is 9.19. The van der Waals surface area contributed by atoms with Crippen molar-refractivity contribution >= 4 is 242 Å². The van der Waals surface area contributed by atoms with Gasteiger partial charge >= 0.3 is 0 Å². The van der Waals surface area contributed by atoms with Gasteiger partial charge in [-0.1, -0.05) is 205 Å². The van der Waals surface area contributed by atoms with Gasteiger partial charge in [0.25, 0.3) is 0 Å². The molecule has 16 aromatic carbocycles. The summed E-state index contributed by atoms with van der Waals surface area (Å²) in [6.07, 6.45) is 7.06. The van der Waals surface area contributed by atoms with Gasteiger partial charge < -0.3 is 33.0 Å². The van der Waals surface area contributed by atoms with Crippen LogP contribution in [0.5, 0.6) is 0 Å². The quantitative estimate of drug-likeness (QED) is 0.132. The summed E-state index contributed by atoms with van der Waals surface area (Å²) in [5.41, 5.74) is 37.3. The number of aromatic nitrogens is 13. The highest BCUT2D eigenvalue weighted by molar-refractivity contribution is 7.22. The Labute approximate surface area is 871 Å². The molecular weight excluding hydrogens is 1920 g/mol. The van der Waals surface area contributed by atoms with Gasteiger partial charge in [-0.25, -0.2) is 44.9 Å². The van der Waals surface area contributed by atoms with Gasteiger partial charge in [-0.15, -0.1) is 34.0 Å². The van der Waals surface area contributed by atoms with Gasteiger partial charge in [0.15, 0.2) is 16.9 Å². The fraction of sp³-hybridized carbons (Fsp3) is 0. The summed E-state index contributed by atoms with van der Waals surface area (Å²) in [5, 5.41) is 32.1. The zero-order valence-electron chi connectivity index (χ0n) is 79.3. The van der Waals surface area contributed by atoms with E-state index in [1.54, 1.807) is 63.9 Å². The Balaban J connectivity index is 0.0000000922. The Hall–Kier alpha value is -19.8. The van der Waals surface area contributed by atoms with Crippen molar-refractivity contribution in [2.75, 3.05) is 19.6 Å². The molecule has 23 heteroatoms. The lowest BCUT2D eigenvalue weighted by molar-refractivity contribution is 1.09. The van der Waals surface area contributed by atoms with E-state index in [4.69, 9.17) is 35.2 Å². The molecule has 17 heterocycles. The number of anilines is 12. The van der Waals surface area contributed by atoms with Gasteiger partial charge in [-0.3, -0.25) is 4.90 Å². The van der Waals surface area contributed by atoms with Crippen molar-refractivity contribution in [2.24, 2.45) is 0 Å². The Bertz CT molecular complexity index is 10400. The largest absolute Gasteiger partial charge is 0.306 e. The fourth-order valence-corrected chi connectivity index (χ4v) is 26.0. The van der Waals surface area contributed by atoms with Crippen LogP contribution < -0.4 is 19.6 Å². The van der Waals surface area contributed by atoms with Crippen molar-refractivity contribution < 1.29 is 0 Å². The van der Waals surface area contributed by atoms with Crippen LogP contribution in [0.1, 0.15) is 11.1 Å². The predicted octanol–water partition coefficient (Wildman–Crippen LogP) is 33.8. The number of hydrogen-bond acceptors (Lipinski definition) is 19. The third-order valence-electron chi connectivity index (χ3n) is 28.7. The molecule has 0 N–H and O–H groups in total. The highest BCUT2D eigenvalue weighted by atomic mass is 32.1. The summed E-state index contributed by atoms with van der Waals surface area (Å²) < 4.78 is 12.7.